The number of benzene rings is 1. The number of esters is 1. The number of hydrogen-bond donors (Lipinski definition) is 1. The fraction of sp³-hybridized carbons (Fsp3) is 0.757. The first-order chi connectivity index (χ1) is 22.7. The Balaban J connectivity index is 1.61. The lowest BCUT2D eigenvalue weighted by molar-refractivity contribution is -0.473. The molecule has 3 heterocycles. The Kier molecular flexibility index (Phi) is 12.3. The highest BCUT2D eigenvalue weighted by atomic mass is 32.2. The van der Waals surface area contributed by atoms with Crippen LogP contribution in [0.25, 0.3) is 0 Å². The van der Waals surface area contributed by atoms with Crippen molar-refractivity contribution >= 4 is 27.5 Å². The highest BCUT2D eigenvalue weighted by Crippen LogP contribution is 2.42. The molecule has 1 aromatic rings. The lowest BCUT2D eigenvalue weighted by Crippen LogP contribution is -2.59. The van der Waals surface area contributed by atoms with Crippen LogP contribution in [0.4, 0.5) is 0 Å². The van der Waals surface area contributed by atoms with Crippen LogP contribution in [0.5, 0.6) is 0 Å². The van der Waals surface area contributed by atoms with E-state index in [1.807, 2.05) is 63.0 Å². The number of aliphatic hydroxyl groups excluding tert-OH is 1. The van der Waals surface area contributed by atoms with Crippen LogP contribution in [-0.4, -0.2) is 122 Å². The average molecular weight is 707 g/mol. The van der Waals surface area contributed by atoms with Gasteiger partial charge in [0.15, 0.2) is 23.9 Å². The van der Waals surface area contributed by atoms with Crippen LogP contribution in [0.15, 0.2) is 30.3 Å². The number of carbonyl (C=O) groups excluding carboxylic acids is 2. The molecule has 0 unspecified atom stereocenters. The predicted octanol–water partition coefficient (Wildman–Crippen LogP) is 3.72. The Bertz CT molecular complexity index is 1470. The van der Waals surface area contributed by atoms with Crippen LogP contribution in [0.3, 0.4) is 0 Å². The number of ether oxygens (including phenoxy) is 3. The normalized spacial score (nSPS) is 32.1. The number of cyclic esters (lactones) is 1. The maximum Gasteiger partial charge on any atom is 0.319 e. The monoisotopic (exact) mass is 706 g/mol. The van der Waals surface area contributed by atoms with Gasteiger partial charge in [0, 0.05) is 25.6 Å². The van der Waals surface area contributed by atoms with Crippen LogP contribution in [0.1, 0.15) is 79.7 Å². The van der Waals surface area contributed by atoms with Crippen LogP contribution < -0.4 is 0 Å². The Morgan fingerprint density at radius 2 is 1.63 bits per heavy atom. The summed E-state index contributed by atoms with van der Waals surface area (Å²) in [5.41, 5.74) is -1.10. The molecule has 1 spiro atoms. The second kappa shape index (κ2) is 15.2. The molecule has 12 heteroatoms. The van der Waals surface area contributed by atoms with Crippen molar-refractivity contribution in [3.05, 3.63) is 35.9 Å². The molecule has 0 amide bonds. The van der Waals surface area contributed by atoms with E-state index in [2.05, 4.69) is 25.7 Å². The van der Waals surface area contributed by atoms with Gasteiger partial charge in [-0.1, -0.05) is 58.0 Å². The number of likely N-dealkylation sites (N-methyl/N-ethyl adjacent to an activating group) is 1. The topological polar surface area (TPSA) is 126 Å². The zero-order valence-electron chi connectivity index (χ0n) is 31.3. The van der Waals surface area contributed by atoms with Gasteiger partial charge in [-0.25, -0.2) is 17.3 Å². The molecule has 3 aliphatic rings. The van der Waals surface area contributed by atoms with Crippen LogP contribution in [-0.2, 0) is 39.6 Å². The van der Waals surface area contributed by atoms with Crippen molar-refractivity contribution in [2.45, 2.75) is 110 Å². The molecule has 0 bridgehead atoms. The standard InChI is InChI=1S/C37H60N3O8S/c1-25-21-35(4,5)32(48-33-30(41)29(38(8)9)20-26(2)47-33)27(3)31(42)36(6,7)34(43)46-24-37(39(10)22-25)16-18-40(19-17-37)49(44,45)23-28-14-12-11-13-15-28/h11-15,25-27,30,32-33,41H,16-24H2,1-10H3/q+1/t25-,26-,27+,30-,32-,33+/m1/s1. The molecular formula is C37H60N3O8S+. The molecule has 3 fully saturated rings. The first-order valence-corrected chi connectivity index (χ1v) is 19.3. The van der Waals surface area contributed by atoms with Crippen molar-refractivity contribution < 1.29 is 41.9 Å². The van der Waals surface area contributed by atoms with Crippen molar-refractivity contribution in [1.29, 1.82) is 0 Å². The summed E-state index contributed by atoms with van der Waals surface area (Å²) in [6.45, 7) is 14.6. The molecule has 49 heavy (non-hydrogen) atoms. The van der Waals surface area contributed by atoms with Gasteiger partial charge in [0.25, 0.3) is 0 Å². The SMILES string of the molecule is C[C@H]1CN(C)C2(CCN(S(=O)(=O)Cc3ccccc3)CC2)COC(=O)C(C)(C)C(=O)[C@H](C)[C@@H](O[C@@H]2O[C@H](C)CC(=[N+](C)C)[C@H]2O)C(C)(C)C1. The smallest absolute Gasteiger partial charge is 0.319 e. The van der Waals surface area contributed by atoms with E-state index in [0.717, 1.165) is 11.3 Å². The minimum Gasteiger partial charge on any atom is -0.463 e. The number of Topliss-reactive ketones (excluding diaryl/α,β-unsaturated/α-hetero) is 1. The predicted molar refractivity (Wildman–Crippen MR) is 189 cm³/mol. The first kappa shape index (κ1) is 39.6. The summed E-state index contributed by atoms with van der Waals surface area (Å²) in [7, 11) is 2.25. The molecule has 1 aromatic carbocycles. The van der Waals surface area contributed by atoms with Crippen molar-refractivity contribution in [2.75, 3.05) is 47.4 Å². The van der Waals surface area contributed by atoms with E-state index >= 15 is 0 Å². The third-order valence-electron chi connectivity index (χ3n) is 11.1. The van der Waals surface area contributed by atoms with Gasteiger partial charge in [-0.2, -0.15) is 0 Å². The maximum atomic E-state index is 14.3. The van der Waals surface area contributed by atoms with E-state index in [1.165, 1.54) is 0 Å². The Morgan fingerprint density at radius 3 is 2.22 bits per heavy atom. The van der Waals surface area contributed by atoms with Gasteiger partial charge in [-0.3, -0.25) is 14.5 Å². The van der Waals surface area contributed by atoms with Gasteiger partial charge >= 0.3 is 5.97 Å². The Hall–Kier alpha value is -2.22. The maximum absolute atomic E-state index is 14.3. The molecule has 4 rings (SSSR count). The highest BCUT2D eigenvalue weighted by molar-refractivity contribution is 7.88. The fourth-order valence-electron chi connectivity index (χ4n) is 8.22. The van der Waals surface area contributed by atoms with E-state index in [0.29, 0.717) is 45.3 Å². The minimum absolute atomic E-state index is 0.0547. The molecule has 11 nitrogen and oxygen atoms in total. The summed E-state index contributed by atoms with van der Waals surface area (Å²) in [6, 6.07) is 9.17. The molecule has 0 aliphatic carbocycles. The minimum atomic E-state index is -3.54. The summed E-state index contributed by atoms with van der Waals surface area (Å²) in [4.78, 5) is 30.3. The second-order valence-corrected chi connectivity index (χ2v) is 18.3. The van der Waals surface area contributed by atoms with Gasteiger partial charge in [0.1, 0.15) is 26.1 Å². The highest BCUT2D eigenvalue weighted by Gasteiger charge is 2.51. The van der Waals surface area contributed by atoms with Crippen molar-refractivity contribution in [2.24, 2.45) is 22.7 Å². The van der Waals surface area contributed by atoms with Gasteiger partial charge in [-0.15, -0.1) is 0 Å². The van der Waals surface area contributed by atoms with E-state index in [1.54, 1.807) is 25.1 Å². The molecule has 1 N–H and O–H groups in total. The number of rotatable bonds is 5. The molecular weight excluding hydrogens is 646 g/mol. The average Bonchev–Trinajstić information content (AvgIpc) is 3.02. The number of aliphatic hydroxyl groups is 1. The van der Waals surface area contributed by atoms with Crippen LogP contribution >= 0.6 is 0 Å². The molecule has 6 atom stereocenters. The molecule has 3 aliphatic heterocycles. The summed E-state index contributed by atoms with van der Waals surface area (Å²) in [5.74, 6) is -1.57. The zero-order chi connectivity index (χ0) is 36.5. The fourth-order valence-corrected chi connectivity index (χ4v) is 9.76. The number of piperidine rings is 1. The second-order valence-electron chi connectivity index (χ2n) is 16.3. The summed E-state index contributed by atoms with van der Waals surface area (Å²) < 4.78 is 49.0. The summed E-state index contributed by atoms with van der Waals surface area (Å²) >= 11 is 0. The third kappa shape index (κ3) is 8.81. The van der Waals surface area contributed by atoms with Gasteiger partial charge in [-0.05, 0) is 64.0 Å². The summed E-state index contributed by atoms with van der Waals surface area (Å²) in [5, 5.41) is 11.3. The number of nitrogens with zero attached hydrogens (tertiary/aromatic N) is 3. The van der Waals surface area contributed by atoms with Crippen LogP contribution in [0, 0.1) is 22.7 Å². The van der Waals surface area contributed by atoms with Crippen molar-refractivity contribution in [1.82, 2.24) is 9.21 Å². The molecule has 0 saturated carbocycles. The molecule has 0 radical (unpaired) electrons. The van der Waals surface area contributed by atoms with E-state index in [9.17, 15) is 23.1 Å². The third-order valence-corrected chi connectivity index (χ3v) is 12.9. The van der Waals surface area contributed by atoms with E-state index in [4.69, 9.17) is 14.2 Å². The summed E-state index contributed by atoms with van der Waals surface area (Å²) in [6.07, 6.45) is -0.629. The van der Waals surface area contributed by atoms with Gasteiger partial charge < -0.3 is 19.3 Å². The van der Waals surface area contributed by atoms with Crippen LogP contribution in [0.2, 0.25) is 0 Å². The number of hydrogen-bond acceptors (Lipinski definition) is 9. The quantitative estimate of drug-likeness (QED) is 0.277. The Labute approximate surface area is 294 Å². The number of carbonyl (C=O) groups is 2. The van der Waals surface area contributed by atoms with Gasteiger partial charge in [0.05, 0.1) is 29.9 Å². The lowest BCUT2D eigenvalue weighted by Gasteiger charge is -2.48. The van der Waals surface area contributed by atoms with Crippen molar-refractivity contribution in [3.63, 3.8) is 0 Å². The van der Waals surface area contributed by atoms with Gasteiger partial charge in [0.2, 0.25) is 10.0 Å². The molecule has 0 aromatic heterocycles. The zero-order valence-corrected chi connectivity index (χ0v) is 32.1. The number of ketones is 1. The number of sulfonamides is 1. The first-order valence-electron chi connectivity index (χ1n) is 17.7. The van der Waals surface area contributed by atoms with E-state index in [-0.39, 0.29) is 30.2 Å². The van der Waals surface area contributed by atoms with Crippen molar-refractivity contribution in [3.8, 4) is 0 Å². The lowest BCUT2D eigenvalue weighted by atomic mass is 9.69. The molecule has 276 valence electrons. The largest absolute Gasteiger partial charge is 0.463 e. The van der Waals surface area contributed by atoms with E-state index < -0.39 is 56.8 Å². The Morgan fingerprint density at radius 1 is 1.02 bits per heavy atom. The molecule has 3 saturated heterocycles.